The first kappa shape index (κ1) is 18.1. The zero-order chi connectivity index (χ0) is 16.8. The lowest BCUT2D eigenvalue weighted by Gasteiger charge is -2.30. The number of carbonyl (C=O) groups excluding carboxylic acids is 1. The highest BCUT2D eigenvalue weighted by Crippen LogP contribution is 2.24. The zero-order valence-corrected chi connectivity index (χ0v) is 12.3. The molecule has 22 heavy (non-hydrogen) atoms. The van der Waals surface area contributed by atoms with Crippen molar-refractivity contribution in [2.24, 2.45) is 0 Å². The molecule has 1 aromatic carbocycles. The fraction of sp³-hybridized carbons (Fsp3) is 0.500. The SMILES string of the molecule is CCC(CC)(CO)NC(=O)Nc1ccc(OC(F)(F)F)cc1. The highest BCUT2D eigenvalue weighted by molar-refractivity contribution is 5.89. The van der Waals surface area contributed by atoms with E-state index in [1.54, 1.807) is 0 Å². The van der Waals surface area contributed by atoms with Crippen molar-refractivity contribution in [1.82, 2.24) is 5.32 Å². The molecular formula is C14H19F3N2O3. The van der Waals surface area contributed by atoms with Crippen LogP contribution in [0.3, 0.4) is 0 Å². The maximum absolute atomic E-state index is 12.0. The van der Waals surface area contributed by atoms with E-state index in [0.717, 1.165) is 12.1 Å². The molecule has 0 heterocycles. The molecule has 0 unspecified atom stereocenters. The van der Waals surface area contributed by atoms with Gasteiger partial charge in [0.15, 0.2) is 0 Å². The molecule has 0 aliphatic rings. The van der Waals surface area contributed by atoms with E-state index in [1.165, 1.54) is 12.1 Å². The summed E-state index contributed by atoms with van der Waals surface area (Å²) in [4.78, 5) is 11.9. The first-order chi connectivity index (χ1) is 10.2. The minimum Gasteiger partial charge on any atom is -0.406 e. The molecule has 3 N–H and O–H groups in total. The van der Waals surface area contributed by atoms with Crippen LogP contribution in [0.1, 0.15) is 26.7 Å². The molecule has 124 valence electrons. The number of rotatable bonds is 6. The number of ether oxygens (including phenoxy) is 1. The molecule has 0 aromatic heterocycles. The van der Waals surface area contributed by atoms with Crippen molar-refractivity contribution in [2.45, 2.75) is 38.6 Å². The molecule has 1 aromatic rings. The number of hydrogen-bond acceptors (Lipinski definition) is 3. The van der Waals surface area contributed by atoms with E-state index < -0.39 is 17.9 Å². The van der Waals surface area contributed by atoms with Crippen LogP contribution in [0.5, 0.6) is 5.75 Å². The van der Waals surface area contributed by atoms with Gasteiger partial charge in [-0.3, -0.25) is 0 Å². The number of aliphatic hydroxyl groups excluding tert-OH is 1. The summed E-state index contributed by atoms with van der Waals surface area (Å²) >= 11 is 0. The van der Waals surface area contributed by atoms with E-state index in [-0.39, 0.29) is 12.4 Å². The number of carbonyl (C=O) groups is 1. The predicted octanol–water partition coefficient (Wildman–Crippen LogP) is 3.26. The van der Waals surface area contributed by atoms with Gasteiger partial charge < -0.3 is 20.5 Å². The van der Waals surface area contributed by atoms with Crippen LogP contribution < -0.4 is 15.4 Å². The second-order valence-electron chi connectivity index (χ2n) is 4.80. The molecular weight excluding hydrogens is 301 g/mol. The second kappa shape index (κ2) is 7.35. The summed E-state index contributed by atoms with van der Waals surface area (Å²) in [6.07, 6.45) is -3.66. The van der Waals surface area contributed by atoms with Crippen LogP contribution in [-0.2, 0) is 0 Å². The maximum atomic E-state index is 12.0. The standard InChI is InChI=1S/C14H19F3N2O3/c1-3-13(4-2,9-20)19-12(21)18-10-5-7-11(8-6-10)22-14(15,16)17/h5-8,20H,3-4,9H2,1-2H3,(H2,18,19,21). The van der Waals surface area contributed by atoms with Crippen molar-refractivity contribution >= 4 is 11.7 Å². The van der Waals surface area contributed by atoms with Crippen molar-refractivity contribution in [3.63, 3.8) is 0 Å². The molecule has 0 spiro atoms. The molecule has 0 atom stereocenters. The monoisotopic (exact) mass is 320 g/mol. The Morgan fingerprint density at radius 3 is 2.14 bits per heavy atom. The lowest BCUT2D eigenvalue weighted by atomic mass is 9.94. The number of hydrogen-bond donors (Lipinski definition) is 3. The van der Waals surface area contributed by atoms with E-state index >= 15 is 0 Å². The van der Waals surface area contributed by atoms with Gasteiger partial charge in [-0.25, -0.2) is 4.79 Å². The Labute approximate surface area is 126 Å². The second-order valence-corrected chi connectivity index (χ2v) is 4.80. The van der Waals surface area contributed by atoms with Gasteiger partial charge in [0.2, 0.25) is 0 Å². The van der Waals surface area contributed by atoms with Crippen LogP contribution in [0, 0.1) is 0 Å². The number of halogens is 3. The number of benzene rings is 1. The van der Waals surface area contributed by atoms with Gasteiger partial charge in [-0.05, 0) is 37.1 Å². The molecule has 8 heteroatoms. The summed E-state index contributed by atoms with van der Waals surface area (Å²) in [6.45, 7) is 3.47. The van der Waals surface area contributed by atoms with Crippen LogP contribution in [0.4, 0.5) is 23.7 Å². The number of nitrogens with one attached hydrogen (secondary N) is 2. The molecule has 2 amide bonds. The molecule has 0 radical (unpaired) electrons. The number of aliphatic hydroxyl groups is 1. The fourth-order valence-corrected chi connectivity index (χ4v) is 1.83. The summed E-state index contributed by atoms with van der Waals surface area (Å²) in [6, 6.07) is 4.24. The van der Waals surface area contributed by atoms with Crippen molar-refractivity contribution in [2.75, 3.05) is 11.9 Å². The van der Waals surface area contributed by atoms with Crippen LogP contribution in [0.2, 0.25) is 0 Å². The average Bonchev–Trinajstić information content (AvgIpc) is 2.45. The van der Waals surface area contributed by atoms with Gasteiger partial charge in [0.1, 0.15) is 5.75 Å². The van der Waals surface area contributed by atoms with Crippen LogP contribution in [0.15, 0.2) is 24.3 Å². The first-order valence-corrected chi connectivity index (χ1v) is 6.79. The molecule has 0 fully saturated rings. The quantitative estimate of drug-likeness (QED) is 0.753. The number of urea groups is 1. The normalized spacial score (nSPS) is 11.9. The third-order valence-corrected chi connectivity index (χ3v) is 3.38. The molecule has 0 saturated carbocycles. The van der Waals surface area contributed by atoms with Crippen LogP contribution in [0.25, 0.3) is 0 Å². The van der Waals surface area contributed by atoms with Crippen molar-refractivity contribution in [3.05, 3.63) is 24.3 Å². The number of alkyl halides is 3. The Balaban J connectivity index is 2.65. The number of amides is 2. The topological polar surface area (TPSA) is 70.6 Å². The van der Waals surface area contributed by atoms with E-state index in [1.807, 2.05) is 13.8 Å². The molecule has 5 nitrogen and oxygen atoms in total. The summed E-state index contributed by atoms with van der Waals surface area (Å²) in [5, 5.41) is 14.5. The molecule has 0 saturated heterocycles. The predicted molar refractivity (Wildman–Crippen MR) is 75.7 cm³/mol. The van der Waals surface area contributed by atoms with E-state index in [4.69, 9.17) is 0 Å². The third kappa shape index (κ3) is 5.44. The summed E-state index contributed by atoms with van der Waals surface area (Å²) in [5.74, 6) is -0.370. The summed E-state index contributed by atoms with van der Waals surface area (Å²) < 4.78 is 39.8. The fourth-order valence-electron chi connectivity index (χ4n) is 1.83. The van der Waals surface area contributed by atoms with Gasteiger partial charge in [-0.15, -0.1) is 13.2 Å². The lowest BCUT2D eigenvalue weighted by molar-refractivity contribution is -0.274. The third-order valence-electron chi connectivity index (χ3n) is 3.38. The van der Waals surface area contributed by atoms with Gasteiger partial charge in [0, 0.05) is 5.69 Å². The minimum absolute atomic E-state index is 0.203. The Morgan fingerprint density at radius 2 is 1.73 bits per heavy atom. The van der Waals surface area contributed by atoms with Crippen LogP contribution in [-0.4, -0.2) is 29.6 Å². The molecule has 1 rings (SSSR count). The zero-order valence-electron chi connectivity index (χ0n) is 12.3. The Morgan fingerprint density at radius 1 is 1.18 bits per heavy atom. The first-order valence-electron chi connectivity index (χ1n) is 6.79. The van der Waals surface area contributed by atoms with Gasteiger partial charge in [-0.1, -0.05) is 13.8 Å². The lowest BCUT2D eigenvalue weighted by Crippen LogP contribution is -2.51. The largest absolute Gasteiger partial charge is 0.573 e. The van der Waals surface area contributed by atoms with E-state index in [9.17, 15) is 23.1 Å². The van der Waals surface area contributed by atoms with Crippen molar-refractivity contribution in [3.8, 4) is 5.75 Å². The highest BCUT2D eigenvalue weighted by Gasteiger charge is 2.31. The highest BCUT2D eigenvalue weighted by atomic mass is 19.4. The minimum atomic E-state index is -4.75. The van der Waals surface area contributed by atoms with E-state index in [2.05, 4.69) is 15.4 Å². The van der Waals surface area contributed by atoms with Gasteiger partial charge in [0.05, 0.1) is 12.1 Å². The van der Waals surface area contributed by atoms with E-state index in [0.29, 0.717) is 18.5 Å². The van der Waals surface area contributed by atoms with Gasteiger partial charge in [-0.2, -0.15) is 0 Å². The summed E-state index contributed by atoms with van der Waals surface area (Å²) in [7, 11) is 0. The van der Waals surface area contributed by atoms with Gasteiger partial charge >= 0.3 is 12.4 Å². The smallest absolute Gasteiger partial charge is 0.406 e. The maximum Gasteiger partial charge on any atom is 0.573 e. The molecule has 0 bridgehead atoms. The number of anilines is 1. The molecule has 0 aliphatic heterocycles. The molecule has 0 aliphatic carbocycles. The Kier molecular flexibility index (Phi) is 6.04. The van der Waals surface area contributed by atoms with Crippen molar-refractivity contribution < 1.29 is 27.8 Å². The van der Waals surface area contributed by atoms with Gasteiger partial charge in [0.25, 0.3) is 0 Å². The van der Waals surface area contributed by atoms with Crippen LogP contribution >= 0.6 is 0 Å². The average molecular weight is 320 g/mol. The Hall–Kier alpha value is -1.96. The van der Waals surface area contributed by atoms with Crippen molar-refractivity contribution in [1.29, 1.82) is 0 Å². The Bertz CT molecular complexity index is 477. The summed E-state index contributed by atoms with van der Waals surface area (Å²) in [5.41, 5.74) is -0.408.